The number of benzene rings is 1. The van der Waals surface area contributed by atoms with Crippen LogP contribution in [0.15, 0.2) is 29.1 Å². The molecule has 2 rings (SSSR count). The van der Waals surface area contributed by atoms with Crippen LogP contribution in [0.5, 0.6) is 5.75 Å². The van der Waals surface area contributed by atoms with Crippen LogP contribution in [-0.2, 0) is 0 Å². The third-order valence-corrected chi connectivity index (χ3v) is 2.16. The molecule has 74 valence electrons. The summed E-state index contributed by atoms with van der Waals surface area (Å²) in [6, 6.07) is 8.28. The van der Waals surface area contributed by atoms with E-state index in [1.165, 1.54) is 6.07 Å². The van der Waals surface area contributed by atoms with Crippen LogP contribution in [0.25, 0.3) is 10.9 Å². The number of fused-ring (bicyclic) bond motifs is 1. The Bertz CT molecular complexity index is 608. The van der Waals surface area contributed by atoms with Gasteiger partial charge in [-0.1, -0.05) is 0 Å². The van der Waals surface area contributed by atoms with Gasteiger partial charge in [0.25, 0.3) is 0 Å². The molecule has 0 radical (unpaired) electrons. The lowest BCUT2D eigenvalue weighted by Crippen LogP contribution is -2.03. The number of rotatable bonds is 1. The van der Waals surface area contributed by atoms with Gasteiger partial charge in [-0.15, -0.1) is 0 Å². The predicted octanol–water partition coefficient (Wildman–Crippen LogP) is 1.41. The van der Waals surface area contributed by atoms with Gasteiger partial charge in [-0.3, -0.25) is 4.79 Å². The average Bonchev–Trinajstić information content (AvgIpc) is 2.28. The minimum absolute atomic E-state index is 0.181. The highest BCUT2D eigenvalue weighted by Gasteiger charge is 2.02. The van der Waals surface area contributed by atoms with E-state index in [1.54, 1.807) is 25.3 Å². The molecule has 0 bridgehead atoms. The fourth-order valence-electron chi connectivity index (χ4n) is 1.41. The van der Waals surface area contributed by atoms with Crippen LogP contribution in [0.4, 0.5) is 0 Å². The number of H-pyrrole nitrogens is 1. The van der Waals surface area contributed by atoms with E-state index in [0.717, 1.165) is 0 Å². The number of hydrogen-bond acceptors (Lipinski definition) is 3. The summed E-state index contributed by atoms with van der Waals surface area (Å²) in [5.74, 6) is 0.623. The molecule has 0 unspecified atom stereocenters. The van der Waals surface area contributed by atoms with Crippen LogP contribution in [-0.4, -0.2) is 12.1 Å². The zero-order valence-electron chi connectivity index (χ0n) is 8.07. The highest BCUT2D eigenvalue weighted by molar-refractivity contribution is 5.80. The van der Waals surface area contributed by atoms with Crippen molar-refractivity contribution in [2.24, 2.45) is 0 Å². The second kappa shape index (κ2) is 3.46. The second-order valence-electron chi connectivity index (χ2n) is 3.07. The van der Waals surface area contributed by atoms with Gasteiger partial charge in [-0.05, 0) is 18.2 Å². The molecule has 1 aromatic carbocycles. The van der Waals surface area contributed by atoms with E-state index in [0.29, 0.717) is 16.7 Å². The Morgan fingerprint density at radius 1 is 1.40 bits per heavy atom. The summed E-state index contributed by atoms with van der Waals surface area (Å²) < 4.78 is 5.02. The maximum absolute atomic E-state index is 11.6. The lowest BCUT2D eigenvalue weighted by molar-refractivity contribution is 0.415. The molecule has 0 aliphatic carbocycles. The molecule has 0 amide bonds. The first kappa shape index (κ1) is 9.28. The van der Waals surface area contributed by atoms with Gasteiger partial charge in [-0.25, -0.2) is 0 Å². The second-order valence-corrected chi connectivity index (χ2v) is 3.07. The monoisotopic (exact) mass is 200 g/mol. The molecule has 0 saturated carbocycles. The maximum atomic E-state index is 11.6. The molecule has 4 nitrogen and oxygen atoms in total. The van der Waals surface area contributed by atoms with Gasteiger partial charge >= 0.3 is 0 Å². The van der Waals surface area contributed by atoms with Crippen LogP contribution in [0.1, 0.15) is 5.69 Å². The Morgan fingerprint density at radius 2 is 2.20 bits per heavy atom. The molecule has 4 heteroatoms. The Labute approximate surface area is 85.7 Å². The fourth-order valence-corrected chi connectivity index (χ4v) is 1.41. The summed E-state index contributed by atoms with van der Waals surface area (Å²) in [6.07, 6.45) is 0. The van der Waals surface area contributed by atoms with Crippen molar-refractivity contribution in [2.45, 2.75) is 0 Å². The predicted molar refractivity (Wildman–Crippen MR) is 55.8 cm³/mol. The van der Waals surface area contributed by atoms with Gasteiger partial charge in [0.2, 0.25) is 0 Å². The quantitative estimate of drug-likeness (QED) is 0.756. The van der Waals surface area contributed by atoms with E-state index in [2.05, 4.69) is 4.98 Å². The summed E-state index contributed by atoms with van der Waals surface area (Å²) in [4.78, 5) is 14.5. The van der Waals surface area contributed by atoms with E-state index < -0.39 is 0 Å². The topological polar surface area (TPSA) is 65.9 Å². The molecule has 0 aliphatic heterocycles. The van der Waals surface area contributed by atoms with E-state index in [1.807, 2.05) is 6.07 Å². The van der Waals surface area contributed by atoms with E-state index in [-0.39, 0.29) is 11.1 Å². The highest BCUT2D eigenvalue weighted by Crippen LogP contribution is 2.16. The number of methoxy groups -OCH3 is 1. The van der Waals surface area contributed by atoms with E-state index >= 15 is 0 Å². The van der Waals surface area contributed by atoms with Crippen LogP contribution in [0, 0.1) is 11.3 Å². The van der Waals surface area contributed by atoms with Crippen LogP contribution in [0.2, 0.25) is 0 Å². The average molecular weight is 200 g/mol. The zero-order valence-corrected chi connectivity index (χ0v) is 8.07. The number of nitriles is 1. The van der Waals surface area contributed by atoms with Gasteiger partial charge in [0, 0.05) is 11.5 Å². The number of pyridine rings is 1. The molecule has 2 aromatic rings. The van der Waals surface area contributed by atoms with Crippen molar-refractivity contribution in [1.82, 2.24) is 4.98 Å². The minimum atomic E-state index is -0.181. The summed E-state index contributed by atoms with van der Waals surface area (Å²) in [5, 5.41) is 9.20. The van der Waals surface area contributed by atoms with Gasteiger partial charge in [-0.2, -0.15) is 5.26 Å². The molecule has 0 atom stereocenters. The Morgan fingerprint density at radius 3 is 2.87 bits per heavy atom. The van der Waals surface area contributed by atoms with Crippen molar-refractivity contribution in [3.8, 4) is 11.8 Å². The first-order chi connectivity index (χ1) is 7.24. The fraction of sp³-hybridized carbons (Fsp3) is 0.0909. The van der Waals surface area contributed by atoms with E-state index in [9.17, 15) is 4.79 Å². The molecule has 1 aromatic heterocycles. The van der Waals surface area contributed by atoms with Gasteiger partial charge < -0.3 is 9.72 Å². The lowest BCUT2D eigenvalue weighted by atomic mass is 10.2. The highest BCUT2D eigenvalue weighted by atomic mass is 16.5. The number of ether oxygens (including phenoxy) is 1. The first-order valence-electron chi connectivity index (χ1n) is 4.36. The smallest absolute Gasteiger partial charge is 0.190 e. The minimum Gasteiger partial charge on any atom is -0.497 e. The lowest BCUT2D eigenvalue weighted by Gasteiger charge is -2.01. The molecular formula is C11H8N2O2. The van der Waals surface area contributed by atoms with Crippen LogP contribution < -0.4 is 10.2 Å². The molecule has 0 fully saturated rings. The third-order valence-electron chi connectivity index (χ3n) is 2.16. The molecule has 15 heavy (non-hydrogen) atoms. The van der Waals surface area contributed by atoms with Crippen molar-refractivity contribution in [3.05, 3.63) is 40.2 Å². The summed E-state index contributed by atoms with van der Waals surface area (Å²) in [7, 11) is 1.54. The first-order valence-corrected chi connectivity index (χ1v) is 4.36. The van der Waals surface area contributed by atoms with Crippen LogP contribution in [0.3, 0.4) is 0 Å². The van der Waals surface area contributed by atoms with E-state index in [4.69, 9.17) is 10.00 Å². The third kappa shape index (κ3) is 1.55. The molecule has 1 heterocycles. The maximum Gasteiger partial charge on any atom is 0.190 e. The zero-order chi connectivity index (χ0) is 10.8. The van der Waals surface area contributed by atoms with Crippen molar-refractivity contribution in [1.29, 1.82) is 5.26 Å². The molecule has 0 saturated heterocycles. The summed E-state index contributed by atoms with van der Waals surface area (Å²) in [5.41, 5.74) is 0.719. The number of nitrogens with zero attached hydrogens (tertiary/aromatic N) is 1. The summed E-state index contributed by atoms with van der Waals surface area (Å²) >= 11 is 0. The van der Waals surface area contributed by atoms with Gasteiger partial charge in [0.15, 0.2) is 5.43 Å². The largest absolute Gasteiger partial charge is 0.497 e. The number of nitrogens with one attached hydrogen (secondary N) is 1. The summed E-state index contributed by atoms with van der Waals surface area (Å²) in [6.45, 7) is 0. The van der Waals surface area contributed by atoms with Crippen LogP contribution >= 0.6 is 0 Å². The van der Waals surface area contributed by atoms with Crippen molar-refractivity contribution < 1.29 is 4.74 Å². The van der Waals surface area contributed by atoms with Crippen molar-refractivity contribution >= 4 is 10.9 Å². The molecule has 0 spiro atoms. The Balaban J connectivity index is 2.81. The van der Waals surface area contributed by atoms with Crippen molar-refractivity contribution in [2.75, 3.05) is 7.11 Å². The number of aromatic amines is 1. The Kier molecular flexibility index (Phi) is 2.14. The normalized spacial score (nSPS) is 9.87. The van der Waals surface area contributed by atoms with Gasteiger partial charge in [0.1, 0.15) is 17.5 Å². The molecule has 0 aliphatic rings. The van der Waals surface area contributed by atoms with Gasteiger partial charge in [0.05, 0.1) is 12.6 Å². The Hall–Kier alpha value is -2.28. The number of aromatic nitrogens is 1. The standard InChI is InChI=1S/C11H8N2O2/c1-15-8-2-3-10-9(5-8)11(14)4-7(6-12)13-10/h2-5H,1H3,(H,13,14). The number of hydrogen-bond donors (Lipinski definition) is 1. The molecular weight excluding hydrogens is 192 g/mol. The molecule has 1 N–H and O–H groups in total. The van der Waals surface area contributed by atoms with Crippen molar-refractivity contribution in [3.63, 3.8) is 0 Å². The SMILES string of the molecule is COc1ccc2[nH]c(C#N)cc(=O)c2c1.